The monoisotopic (exact) mass is 737 g/mol. The third-order valence-corrected chi connectivity index (χ3v) is 10.6. The van der Waals surface area contributed by atoms with Crippen LogP contribution in [0.25, 0.3) is 0 Å². The fraction of sp³-hybridized carbons (Fsp3) is 0.368. The second-order valence-electron chi connectivity index (χ2n) is 14.0. The van der Waals surface area contributed by atoms with Crippen molar-refractivity contribution < 1.29 is 33.4 Å². The molecule has 282 valence electrons. The quantitative estimate of drug-likeness (QED) is 0.114. The van der Waals surface area contributed by atoms with E-state index in [1.807, 2.05) is 48.5 Å². The molecule has 4 atom stereocenters. The number of nitrogens with one attached hydrogen (secondary N) is 1. The number of urea groups is 1. The first-order valence-electron chi connectivity index (χ1n) is 17.9. The van der Waals surface area contributed by atoms with Crippen LogP contribution in [0, 0.1) is 0 Å². The fourth-order valence-corrected chi connectivity index (χ4v) is 7.85. The Labute approximate surface area is 311 Å². The second kappa shape index (κ2) is 15.0. The predicted octanol–water partition coefficient (Wildman–Crippen LogP) is 0.151. The molecule has 0 saturated heterocycles. The molecule has 3 aromatic carbocycles. The Kier molecular flexibility index (Phi) is 9.99. The molecule has 0 fully saturated rings. The highest BCUT2D eigenvalue weighted by molar-refractivity contribution is 5.96. The number of benzene rings is 3. The van der Waals surface area contributed by atoms with E-state index >= 15 is 0 Å². The van der Waals surface area contributed by atoms with Gasteiger partial charge in [-0.1, -0.05) is 48.5 Å². The molecule has 0 radical (unpaired) electrons. The minimum Gasteiger partial charge on any atom is -0.454 e. The Morgan fingerprint density at radius 3 is 1.87 bits per heavy atom. The van der Waals surface area contributed by atoms with Crippen molar-refractivity contribution in [3.63, 3.8) is 0 Å². The van der Waals surface area contributed by atoms with Gasteiger partial charge >= 0.3 is 6.03 Å². The van der Waals surface area contributed by atoms with Crippen molar-refractivity contribution in [1.82, 2.24) is 20.0 Å². The topological polar surface area (TPSA) is 242 Å². The van der Waals surface area contributed by atoms with Gasteiger partial charge in [-0.3, -0.25) is 24.2 Å². The van der Waals surface area contributed by atoms with Crippen LogP contribution in [-0.4, -0.2) is 87.8 Å². The van der Waals surface area contributed by atoms with Gasteiger partial charge in [0, 0.05) is 45.4 Å². The highest BCUT2D eigenvalue weighted by atomic mass is 16.7. The van der Waals surface area contributed by atoms with Gasteiger partial charge in [-0.25, -0.2) is 4.79 Å². The molecule has 4 heterocycles. The first kappa shape index (κ1) is 36.1. The molecule has 16 heteroatoms. The summed E-state index contributed by atoms with van der Waals surface area (Å²) in [5.74, 6) is -1.32. The summed E-state index contributed by atoms with van der Waals surface area (Å²) in [7, 11) is 0. The number of carbonyl (C=O) groups excluding carboxylic acids is 5. The van der Waals surface area contributed by atoms with E-state index in [0.717, 1.165) is 33.4 Å². The molecule has 1 unspecified atom stereocenters. The summed E-state index contributed by atoms with van der Waals surface area (Å²) in [6.45, 7) is 0.489. The number of ether oxygens (including phenoxy) is 2. The van der Waals surface area contributed by atoms with Crippen molar-refractivity contribution in [3.8, 4) is 11.5 Å². The molecular formula is C38H43N9O7. The van der Waals surface area contributed by atoms with Gasteiger partial charge in [0.15, 0.2) is 17.5 Å². The van der Waals surface area contributed by atoms with E-state index in [-0.39, 0.29) is 64.6 Å². The smallest absolute Gasteiger partial charge is 0.315 e. The van der Waals surface area contributed by atoms with E-state index in [0.29, 0.717) is 17.9 Å². The number of primary amides is 2. The summed E-state index contributed by atoms with van der Waals surface area (Å²) >= 11 is 0. The van der Waals surface area contributed by atoms with Crippen LogP contribution in [0.4, 0.5) is 4.79 Å². The molecular weight excluding hydrogens is 694 g/mol. The van der Waals surface area contributed by atoms with Crippen LogP contribution in [0.3, 0.4) is 0 Å². The Bertz CT molecular complexity index is 2030. The molecule has 0 aliphatic carbocycles. The maximum Gasteiger partial charge on any atom is 0.315 e. The molecule has 54 heavy (non-hydrogen) atoms. The lowest BCUT2D eigenvalue weighted by atomic mass is 9.89. The molecule has 4 aliphatic rings. The third-order valence-electron chi connectivity index (χ3n) is 10.6. The van der Waals surface area contributed by atoms with Crippen molar-refractivity contribution in [2.24, 2.45) is 27.9 Å². The number of rotatable bonds is 9. The van der Waals surface area contributed by atoms with Crippen LogP contribution in [0.1, 0.15) is 46.2 Å². The fourth-order valence-electron chi connectivity index (χ4n) is 7.85. The lowest BCUT2D eigenvalue weighted by Gasteiger charge is -2.42. The lowest BCUT2D eigenvalue weighted by Crippen LogP contribution is -2.62. The highest BCUT2D eigenvalue weighted by Crippen LogP contribution is 2.39. The average Bonchev–Trinajstić information content (AvgIpc) is 3.63. The summed E-state index contributed by atoms with van der Waals surface area (Å²) in [4.78, 5) is 77.4. The van der Waals surface area contributed by atoms with Crippen molar-refractivity contribution >= 4 is 35.6 Å². The average molecular weight is 738 g/mol. The van der Waals surface area contributed by atoms with E-state index in [2.05, 4.69) is 10.3 Å². The zero-order valence-electron chi connectivity index (χ0n) is 29.6. The summed E-state index contributed by atoms with van der Waals surface area (Å²) < 4.78 is 11.2. The minimum atomic E-state index is -1.13. The number of aliphatic imine (C=N–C) groups is 1. The standard InChI is InChI=1S/C38H43N9O7/c39-33(48)28-12-21-6-1-3-8-23(21)17-45(28)35(50)27(10-5-11-43-37(40)41)44-34(49)29-14-25-15-31-32(54-20-53-31)16-26(25)19-46(29)36(51)30-13-22-7-2-4-9-24(22)18-47(30)38(42)52/h1-4,6-9,15-16,27-30H,5,10-14,17-20H2,(H2,39,48)(H2,42,52)(H,44,49)(H4,40,41,43)/t27-,28-,29?,30-/m0/s1. The van der Waals surface area contributed by atoms with E-state index in [1.54, 1.807) is 12.1 Å². The van der Waals surface area contributed by atoms with E-state index in [4.69, 9.17) is 32.4 Å². The number of guanidine groups is 1. The van der Waals surface area contributed by atoms with Crippen LogP contribution in [0.2, 0.25) is 0 Å². The van der Waals surface area contributed by atoms with Crippen LogP contribution >= 0.6 is 0 Å². The molecule has 0 saturated carbocycles. The van der Waals surface area contributed by atoms with Gasteiger partial charge < -0.3 is 52.4 Å². The van der Waals surface area contributed by atoms with Crippen LogP contribution in [0.15, 0.2) is 65.7 Å². The van der Waals surface area contributed by atoms with Crippen molar-refractivity contribution in [1.29, 1.82) is 0 Å². The van der Waals surface area contributed by atoms with Gasteiger partial charge in [0.05, 0.1) is 0 Å². The number of carbonyl (C=O) groups is 5. The SMILES string of the molecule is NC(=O)[C@@H]1Cc2ccccc2CN1C(=O)[C@H](CCCN=C(N)N)NC(=O)C1Cc2cc3c(cc2CN1C(=O)[C@@H]1Cc2ccccc2CN1C(N)=O)OCO3. The number of nitrogens with two attached hydrogens (primary N) is 4. The molecule has 4 aliphatic heterocycles. The first-order chi connectivity index (χ1) is 26.0. The van der Waals surface area contributed by atoms with Crippen molar-refractivity contribution in [3.05, 3.63) is 94.0 Å². The zero-order valence-corrected chi connectivity index (χ0v) is 29.6. The number of amides is 6. The Morgan fingerprint density at radius 1 is 0.704 bits per heavy atom. The highest BCUT2D eigenvalue weighted by Gasteiger charge is 2.44. The summed E-state index contributed by atoms with van der Waals surface area (Å²) in [6.07, 6.45) is 0.947. The Hall–Kier alpha value is -6.32. The summed E-state index contributed by atoms with van der Waals surface area (Å²) in [5, 5.41) is 2.93. The van der Waals surface area contributed by atoms with Gasteiger partial charge in [-0.05, 0) is 58.4 Å². The van der Waals surface area contributed by atoms with Crippen molar-refractivity contribution in [2.75, 3.05) is 13.3 Å². The molecule has 0 aromatic heterocycles. The van der Waals surface area contributed by atoms with Crippen molar-refractivity contribution in [2.45, 2.75) is 75.9 Å². The largest absolute Gasteiger partial charge is 0.454 e. The number of nitrogens with zero attached hydrogens (tertiary/aromatic N) is 4. The van der Waals surface area contributed by atoms with Crippen LogP contribution in [0.5, 0.6) is 11.5 Å². The number of hydrogen-bond acceptors (Lipinski definition) is 8. The summed E-state index contributed by atoms with van der Waals surface area (Å²) in [6, 6.07) is 13.7. The molecule has 9 N–H and O–H groups in total. The van der Waals surface area contributed by atoms with Gasteiger partial charge in [0.25, 0.3) is 0 Å². The molecule has 0 spiro atoms. The molecule has 0 bridgehead atoms. The van der Waals surface area contributed by atoms with E-state index in [9.17, 15) is 24.0 Å². The van der Waals surface area contributed by atoms with E-state index in [1.165, 1.54) is 14.7 Å². The van der Waals surface area contributed by atoms with E-state index < -0.39 is 53.8 Å². The first-order valence-corrected chi connectivity index (χ1v) is 17.9. The van der Waals surface area contributed by atoms with Crippen LogP contribution < -0.4 is 37.7 Å². The molecule has 6 amide bonds. The van der Waals surface area contributed by atoms with Gasteiger partial charge in [0.2, 0.25) is 30.4 Å². The van der Waals surface area contributed by atoms with Crippen LogP contribution in [-0.2, 0) is 58.1 Å². The molecule has 7 rings (SSSR count). The van der Waals surface area contributed by atoms with Gasteiger partial charge in [-0.15, -0.1) is 0 Å². The summed E-state index contributed by atoms with van der Waals surface area (Å²) in [5.41, 5.74) is 27.8. The normalized spacial score (nSPS) is 20.1. The third kappa shape index (κ3) is 7.18. The zero-order chi connectivity index (χ0) is 38.1. The predicted molar refractivity (Wildman–Crippen MR) is 195 cm³/mol. The number of hydrogen-bond donors (Lipinski definition) is 5. The maximum absolute atomic E-state index is 14.7. The maximum atomic E-state index is 14.7. The second-order valence-corrected chi connectivity index (χ2v) is 14.0. The Morgan fingerprint density at radius 2 is 1.26 bits per heavy atom. The Balaban J connectivity index is 1.21. The number of fused-ring (bicyclic) bond motifs is 4. The molecule has 3 aromatic rings. The lowest BCUT2D eigenvalue weighted by molar-refractivity contribution is -0.148. The van der Waals surface area contributed by atoms with Gasteiger partial charge in [0.1, 0.15) is 24.2 Å². The molecule has 16 nitrogen and oxygen atoms in total. The van der Waals surface area contributed by atoms with Gasteiger partial charge in [-0.2, -0.15) is 0 Å². The minimum absolute atomic E-state index is 0.0173.